The summed E-state index contributed by atoms with van der Waals surface area (Å²) in [5.74, 6) is 1.75. The Bertz CT molecular complexity index is 303. The molecule has 2 unspecified atom stereocenters. The van der Waals surface area contributed by atoms with Crippen molar-refractivity contribution in [2.75, 3.05) is 7.11 Å². The van der Waals surface area contributed by atoms with Gasteiger partial charge in [0.2, 0.25) is 0 Å². The fourth-order valence-electron chi connectivity index (χ4n) is 3.50. The van der Waals surface area contributed by atoms with Crippen molar-refractivity contribution in [1.29, 1.82) is 0 Å². The lowest BCUT2D eigenvalue weighted by molar-refractivity contribution is -0.151. The van der Waals surface area contributed by atoms with E-state index in [1.807, 2.05) is 0 Å². The van der Waals surface area contributed by atoms with Crippen LogP contribution in [0.1, 0.15) is 39.5 Å². The van der Waals surface area contributed by atoms with E-state index in [4.69, 9.17) is 4.74 Å². The highest BCUT2D eigenvalue weighted by Crippen LogP contribution is 2.44. The molecule has 0 aromatic carbocycles. The quantitative estimate of drug-likeness (QED) is 0.694. The Morgan fingerprint density at radius 2 is 1.71 bits per heavy atom. The summed E-state index contributed by atoms with van der Waals surface area (Å²) < 4.78 is 4.81. The number of hydrogen-bond donors (Lipinski definition) is 0. The van der Waals surface area contributed by atoms with Crippen LogP contribution in [0.5, 0.6) is 0 Å². The summed E-state index contributed by atoms with van der Waals surface area (Å²) in [4.78, 5) is 23.7. The second-order valence-corrected chi connectivity index (χ2v) is 5.96. The number of hydrogen-bond acceptors (Lipinski definition) is 3. The number of carbonyl (C=O) groups is 2. The summed E-state index contributed by atoms with van der Waals surface area (Å²) in [5, 5.41) is 0. The average Bonchev–Trinajstić information content (AvgIpc) is 2.27. The van der Waals surface area contributed by atoms with Gasteiger partial charge in [-0.15, -0.1) is 0 Å². The number of ether oxygens (including phenoxy) is 1. The zero-order chi connectivity index (χ0) is 12.6. The zero-order valence-electron chi connectivity index (χ0n) is 10.9. The van der Waals surface area contributed by atoms with Gasteiger partial charge >= 0.3 is 5.97 Å². The zero-order valence-corrected chi connectivity index (χ0v) is 10.9. The van der Waals surface area contributed by atoms with Crippen LogP contribution in [0.2, 0.25) is 0 Å². The van der Waals surface area contributed by atoms with Crippen molar-refractivity contribution in [2.45, 2.75) is 39.5 Å². The van der Waals surface area contributed by atoms with Gasteiger partial charge in [-0.3, -0.25) is 9.59 Å². The smallest absolute Gasteiger partial charge is 0.308 e. The third kappa shape index (κ3) is 2.38. The average molecular weight is 238 g/mol. The van der Waals surface area contributed by atoms with Crippen molar-refractivity contribution < 1.29 is 14.3 Å². The molecule has 2 bridgehead atoms. The van der Waals surface area contributed by atoms with Crippen LogP contribution >= 0.6 is 0 Å². The van der Waals surface area contributed by atoms with Crippen LogP contribution in [0.25, 0.3) is 0 Å². The molecule has 96 valence electrons. The first-order chi connectivity index (χ1) is 8.02. The number of methoxy groups -OCH3 is 1. The Kier molecular flexibility index (Phi) is 3.55. The number of esters is 1. The number of ketones is 1. The molecule has 2 fully saturated rings. The van der Waals surface area contributed by atoms with Crippen molar-refractivity contribution in [3.63, 3.8) is 0 Å². The van der Waals surface area contributed by atoms with Crippen LogP contribution in [0.4, 0.5) is 0 Å². The van der Waals surface area contributed by atoms with E-state index in [1.54, 1.807) is 0 Å². The largest absolute Gasteiger partial charge is 0.469 e. The molecule has 3 heteroatoms. The van der Waals surface area contributed by atoms with Gasteiger partial charge in [0.25, 0.3) is 0 Å². The minimum atomic E-state index is -0.129. The summed E-state index contributed by atoms with van der Waals surface area (Å²) in [7, 11) is 1.44. The third-order valence-corrected chi connectivity index (χ3v) is 4.59. The number of carbonyl (C=O) groups excluding carboxylic acids is 2. The van der Waals surface area contributed by atoms with Gasteiger partial charge in [-0.05, 0) is 37.5 Å². The molecule has 0 aliphatic heterocycles. The fourth-order valence-corrected chi connectivity index (χ4v) is 3.50. The normalized spacial score (nSPS) is 37.1. The Morgan fingerprint density at radius 3 is 2.12 bits per heavy atom. The van der Waals surface area contributed by atoms with E-state index in [1.165, 1.54) is 7.11 Å². The predicted octanol–water partition coefficient (Wildman–Crippen LogP) is 2.44. The number of fused-ring (bicyclic) bond motifs is 2. The molecule has 0 heterocycles. The van der Waals surface area contributed by atoms with Crippen LogP contribution in [0.3, 0.4) is 0 Å². The first-order valence-corrected chi connectivity index (χ1v) is 6.64. The minimum absolute atomic E-state index is 0.0409. The Hall–Kier alpha value is -0.860. The van der Waals surface area contributed by atoms with Crippen molar-refractivity contribution in [1.82, 2.24) is 0 Å². The SMILES string of the molecule is COC(=O)C1C[C@@H]2CC(C(C)C)C[C@H](C1)C2=O. The number of rotatable bonds is 2. The molecule has 2 saturated carbocycles. The second-order valence-electron chi connectivity index (χ2n) is 5.96. The standard InChI is InChI=1S/C14H22O3/c1-8(2)9-4-10-6-12(14(16)17-3)7-11(5-9)13(10)15/h8-12H,4-7H2,1-3H3/t9?,10-,11+,12?. The first-order valence-electron chi connectivity index (χ1n) is 6.64. The lowest BCUT2D eigenvalue weighted by atomic mass is 9.62. The Balaban J connectivity index is 2.08. The molecule has 2 rings (SSSR count). The molecule has 0 N–H and O–H groups in total. The van der Waals surface area contributed by atoms with E-state index in [0.29, 0.717) is 30.5 Å². The summed E-state index contributed by atoms with van der Waals surface area (Å²) in [6.07, 6.45) is 3.37. The van der Waals surface area contributed by atoms with E-state index in [9.17, 15) is 9.59 Å². The van der Waals surface area contributed by atoms with Crippen LogP contribution in [-0.4, -0.2) is 18.9 Å². The molecule has 0 spiro atoms. The van der Waals surface area contributed by atoms with Crippen molar-refractivity contribution in [3.05, 3.63) is 0 Å². The Labute approximate surface area is 103 Å². The fraction of sp³-hybridized carbons (Fsp3) is 0.857. The molecule has 2 aliphatic carbocycles. The highest BCUT2D eigenvalue weighted by Gasteiger charge is 2.45. The highest BCUT2D eigenvalue weighted by atomic mass is 16.5. The monoisotopic (exact) mass is 238 g/mol. The first kappa shape index (κ1) is 12.6. The molecule has 0 saturated heterocycles. The van der Waals surface area contributed by atoms with E-state index >= 15 is 0 Å². The summed E-state index contributed by atoms with van der Waals surface area (Å²) in [6, 6.07) is 0. The summed E-state index contributed by atoms with van der Waals surface area (Å²) in [5.41, 5.74) is 0. The maximum atomic E-state index is 12.1. The molecule has 3 nitrogen and oxygen atoms in total. The summed E-state index contributed by atoms with van der Waals surface area (Å²) in [6.45, 7) is 4.46. The molecular weight excluding hydrogens is 216 g/mol. The van der Waals surface area contributed by atoms with Gasteiger partial charge in [0.1, 0.15) is 5.78 Å². The maximum absolute atomic E-state index is 12.1. The van der Waals surface area contributed by atoms with Crippen LogP contribution in [-0.2, 0) is 14.3 Å². The molecule has 0 amide bonds. The molecule has 4 atom stereocenters. The molecule has 0 aromatic heterocycles. The van der Waals surface area contributed by atoms with E-state index in [0.717, 1.165) is 12.8 Å². The summed E-state index contributed by atoms with van der Waals surface area (Å²) >= 11 is 0. The predicted molar refractivity (Wildman–Crippen MR) is 64.3 cm³/mol. The van der Waals surface area contributed by atoms with Crippen LogP contribution in [0.15, 0.2) is 0 Å². The van der Waals surface area contributed by atoms with Gasteiger partial charge in [-0.1, -0.05) is 13.8 Å². The van der Waals surface area contributed by atoms with Crippen molar-refractivity contribution in [2.24, 2.45) is 29.6 Å². The van der Waals surface area contributed by atoms with Gasteiger partial charge in [0.15, 0.2) is 0 Å². The lowest BCUT2D eigenvalue weighted by Gasteiger charge is -2.41. The van der Waals surface area contributed by atoms with Crippen molar-refractivity contribution >= 4 is 11.8 Å². The van der Waals surface area contributed by atoms with Gasteiger partial charge in [0.05, 0.1) is 13.0 Å². The highest BCUT2D eigenvalue weighted by molar-refractivity contribution is 5.87. The molecule has 0 radical (unpaired) electrons. The van der Waals surface area contributed by atoms with Gasteiger partial charge in [-0.25, -0.2) is 0 Å². The molecule has 0 aromatic rings. The van der Waals surface area contributed by atoms with Gasteiger partial charge in [0, 0.05) is 11.8 Å². The van der Waals surface area contributed by atoms with Crippen LogP contribution < -0.4 is 0 Å². The van der Waals surface area contributed by atoms with Crippen molar-refractivity contribution in [3.8, 4) is 0 Å². The lowest BCUT2D eigenvalue weighted by Crippen LogP contribution is -2.43. The van der Waals surface area contributed by atoms with Gasteiger partial charge in [-0.2, -0.15) is 0 Å². The van der Waals surface area contributed by atoms with E-state index < -0.39 is 0 Å². The molecular formula is C14H22O3. The van der Waals surface area contributed by atoms with Crippen LogP contribution in [0, 0.1) is 29.6 Å². The topological polar surface area (TPSA) is 43.4 Å². The number of Topliss-reactive ketones (excluding diaryl/α,β-unsaturated/α-hetero) is 1. The van der Waals surface area contributed by atoms with E-state index in [2.05, 4.69) is 13.8 Å². The Morgan fingerprint density at radius 1 is 1.18 bits per heavy atom. The second kappa shape index (κ2) is 4.79. The third-order valence-electron chi connectivity index (χ3n) is 4.59. The molecule has 17 heavy (non-hydrogen) atoms. The maximum Gasteiger partial charge on any atom is 0.308 e. The van der Waals surface area contributed by atoms with Gasteiger partial charge < -0.3 is 4.74 Å². The minimum Gasteiger partial charge on any atom is -0.469 e. The van der Waals surface area contributed by atoms with E-state index in [-0.39, 0.29) is 23.7 Å². The molecule has 2 aliphatic rings.